The molecule has 0 spiro atoms. The van der Waals surface area contributed by atoms with Crippen LogP contribution in [0.4, 0.5) is 5.69 Å². The highest BCUT2D eigenvalue weighted by Gasteiger charge is 2.19. The Morgan fingerprint density at radius 1 is 1.40 bits per heavy atom. The first-order chi connectivity index (χ1) is 7.00. The van der Waals surface area contributed by atoms with Gasteiger partial charge in [0.15, 0.2) is 0 Å². The number of hydrogen-bond acceptors (Lipinski definition) is 5. The zero-order valence-corrected chi connectivity index (χ0v) is 8.67. The molecule has 0 fully saturated rings. The van der Waals surface area contributed by atoms with Gasteiger partial charge in [0, 0.05) is 6.54 Å². The van der Waals surface area contributed by atoms with Gasteiger partial charge >= 0.3 is 0 Å². The summed E-state index contributed by atoms with van der Waals surface area (Å²) in [7, 11) is -4.46. The van der Waals surface area contributed by atoms with E-state index in [0.717, 1.165) is 12.5 Å². The van der Waals surface area contributed by atoms with Crippen molar-refractivity contribution < 1.29 is 18.1 Å². The van der Waals surface area contributed by atoms with Crippen LogP contribution in [0.5, 0.6) is 5.75 Å². The molecule has 5 nitrogen and oxygen atoms in total. The summed E-state index contributed by atoms with van der Waals surface area (Å²) >= 11 is 0. The van der Waals surface area contributed by atoms with Gasteiger partial charge in [0.25, 0.3) is 0 Å². The molecule has 0 aliphatic carbocycles. The third kappa shape index (κ3) is 1.78. The SMILES string of the molecule is O=S(=O)([O-])c1ccc(O)c2c1CCCN2. The van der Waals surface area contributed by atoms with Gasteiger partial charge in [-0.05, 0) is 30.5 Å². The Kier molecular flexibility index (Phi) is 2.32. The Bertz CT molecular complexity index is 495. The van der Waals surface area contributed by atoms with E-state index in [1.807, 2.05) is 0 Å². The minimum absolute atomic E-state index is 0.0166. The maximum absolute atomic E-state index is 11.0. The maximum atomic E-state index is 11.0. The standard InChI is InChI=1S/C9H11NO4S/c11-7-3-4-8(15(12,13)14)6-2-1-5-10-9(6)7/h3-4,10-11H,1-2,5H2,(H,12,13,14)/p-1. The second-order valence-corrected chi connectivity index (χ2v) is 4.77. The molecule has 0 radical (unpaired) electrons. The Hall–Kier alpha value is -1.27. The van der Waals surface area contributed by atoms with Crippen molar-refractivity contribution in [3.63, 3.8) is 0 Å². The molecule has 2 N–H and O–H groups in total. The summed E-state index contributed by atoms with van der Waals surface area (Å²) in [5.41, 5.74) is 0.773. The normalized spacial score (nSPS) is 15.5. The lowest BCUT2D eigenvalue weighted by Crippen LogP contribution is -2.15. The number of nitrogens with one attached hydrogen (secondary N) is 1. The summed E-state index contributed by atoms with van der Waals surface area (Å²) in [5, 5.41) is 12.4. The predicted octanol–water partition coefficient (Wildman–Crippen LogP) is 0.654. The third-order valence-electron chi connectivity index (χ3n) is 2.42. The van der Waals surface area contributed by atoms with Crippen molar-refractivity contribution in [2.75, 3.05) is 11.9 Å². The predicted molar refractivity (Wildman–Crippen MR) is 52.9 cm³/mol. The van der Waals surface area contributed by atoms with Gasteiger partial charge in [-0.15, -0.1) is 0 Å². The largest absolute Gasteiger partial charge is 0.744 e. The van der Waals surface area contributed by atoms with E-state index in [0.29, 0.717) is 24.2 Å². The fourth-order valence-corrected chi connectivity index (χ4v) is 2.52. The van der Waals surface area contributed by atoms with Crippen LogP contribution in [0.15, 0.2) is 17.0 Å². The summed E-state index contributed by atoms with van der Waals surface area (Å²) < 4.78 is 32.9. The molecule has 0 saturated heterocycles. The van der Waals surface area contributed by atoms with E-state index in [1.165, 1.54) is 6.07 Å². The molecule has 0 amide bonds. The van der Waals surface area contributed by atoms with Crippen LogP contribution in [0.3, 0.4) is 0 Å². The number of aromatic hydroxyl groups is 1. The lowest BCUT2D eigenvalue weighted by Gasteiger charge is -2.22. The number of benzene rings is 1. The monoisotopic (exact) mass is 228 g/mol. The Morgan fingerprint density at radius 2 is 2.13 bits per heavy atom. The molecule has 82 valence electrons. The van der Waals surface area contributed by atoms with Gasteiger partial charge in [-0.3, -0.25) is 0 Å². The van der Waals surface area contributed by atoms with Crippen LogP contribution in [0.25, 0.3) is 0 Å². The summed E-state index contributed by atoms with van der Waals surface area (Å²) in [6, 6.07) is 2.38. The van der Waals surface area contributed by atoms with Gasteiger partial charge in [-0.2, -0.15) is 0 Å². The summed E-state index contributed by atoms with van der Waals surface area (Å²) in [5.74, 6) is -0.0166. The lowest BCUT2D eigenvalue weighted by molar-refractivity contribution is 0.459. The number of phenols is 1. The second kappa shape index (κ2) is 3.39. The zero-order valence-electron chi connectivity index (χ0n) is 7.86. The van der Waals surface area contributed by atoms with E-state index in [-0.39, 0.29) is 10.6 Å². The molecule has 0 aromatic heterocycles. The Morgan fingerprint density at radius 3 is 2.80 bits per heavy atom. The third-order valence-corrected chi connectivity index (χ3v) is 3.34. The Balaban J connectivity index is 2.69. The summed E-state index contributed by atoms with van der Waals surface area (Å²) in [6.45, 7) is 0.670. The van der Waals surface area contributed by atoms with Crippen LogP contribution in [0, 0.1) is 0 Å². The van der Waals surface area contributed by atoms with Gasteiger partial charge < -0.3 is 15.0 Å². The van der Waals surface area contributed by atoms with Crippen molar-refractivity contribution in [1.29, 1.82) is 0 Å². The van der Waals surface area contributed by atoms with Gasteiger partial charge in [-0.1, -0.05) is 0 Å². The van der Waals surface area contributed by atoms with E-state index in [4.69, 9.17) is 0 Å². The van der Waals surface area contributed by atoms with Crippen LogP contribution < -0.4 is 5.32 Å². The van der Waals surface area contributed by atoms with Gasteiger partial charge in [0.1, 0.15) is 15.9 Å². The molecule has 1 aliphatic rings. The van der Waals surface area contributed by atoms with Gasteiger partial charge in [0.2, 0.25) is 0 Å². The fourth-order valence-electron chi connectivity index (χ4n) is 1.77. The molecule has 15 heavy (non-hydrogen) atoms. The van der Waals surface area contributed by atoms with Gasteiger partial charge in [0.05, 0.1) is 10.6 Å². The number of phenolic OH excluding ortho intramolecular Hbond substituents is 1. The number of rotatable bonds is 1. The zero-order chi connectivity index (χ0) is 11.1. The molecule has 0 unspecified atom stereocenters. The molecule has 0 atom stereocenters. The van der Waals surface area contributed by atoms with E-state index >= 15 is 0 Å². The van der Waals surface area contributed by atoms with Crippen LogP contribution in [0.2, 0.25) is 0 Å². The van der Waals surface area contributed by atoms with Crippen molar-refractivity contribution in [1.82, 2.24) is 0 Å². The highest BCUT2D eigenvalue weighted by Crippen LogP contribution is 2.35. The average molecular weight is 228 g/mol. The molecule has 1 aliphatic heterocycles. The van der Waals surface area contributed by atoms with Crippen LogP contribution >= 0.6 is 0 Å². The first-order valence-electron chi connectivity index (χ1n) is 4.55. The molecule has 1 heterocycles. The molecule has 0 bridgehead atoms. The fraction of sp³-hybridized carbons (Fsp3) is 0.333. The van der Waals surface area contributed by atoms with Gasteiger partial charge in [-0.25, -0.2) is 8.42 Å². The van der Waals surface area contributed by atoms with E-state index in [2.05, 4.69) is 5.32 Å². The van der Waals surface area contributed by atoms with Crippen LogP contribution in [-0.2, 0) is 16.5 Å². The van der Waals surface area contributed by atoms with Crippen molar-refractivity contribution in [3.8, 4) is 5.75 Å². The van der Waals surface area contributed by atoms with E-state index < -0.39 is 10.1 Å². The molecule has 0 saturated carbocycles. The molecule has 2 rings (SSSR count). The first-order valence-corrected chi connectivity index (χ1v) is 5.95. The molecule has 1 aromatic carbocycles. The highest BCUT2D eigenvalue weighted by atomic mass is 32.2. The van der Waals surface area contributed by atoms with E-state index in [9.17, 15) is 18.1 Å². The van der Waals surface area contributed by atoms with Crippen molar-refractivity contribution >= 4 is 15.8 Å². The van der Waals surface area contributed by atoms with Crippen molar-refractivity contribution in [2.24, 2.45) is 0 Å². The minimum Gasteiger partial charge on any atom is -0.744 e. The first kappa shape index (κ1) is 10.3. The highest BCUT2D eigenvalue weighted by molar-refractivity contribution is 7.85. The van der Waals surface area contributed by atoms with Crippen LogP contribution in [0.1, 0.15) is 12.0 Å². The summed E-state index contributed by atoms with van der Waals surface area (Å²) in [4.78, 5) is -0.234. The molecular weight excluding hydrogens is 218 g/mol. The smallest absolute Gasteiger partial charge is 0.139 e. The number of fused-ring (bicyclic) bond motifs is 1. The van der Waals surface area contributed by atoms with Crippen LogP contribution in [-0.4, -0.2) is 24.6 Å². The average Bonchev–Trinajstić information content (AvgIpc) is 2.17. The molecule has 6 heteroatoms. The second-order valence-electron chi connectivity index (χ2n) is 3.42. The number of anilines is 1. The minimum atomic E-state index is -4.46. The van der Waals surface area contributed by atoms with E-state index in [1.54, 1.807) is 0 Å². The molecule has 1 aromatic rings. The molecular formula is C9H10NO4S-. The van der Waals surface area contributed by atoms with Crippen molar-refractivity contribution in [3.05, 3.63) is 17.7 Å². The lowest BCUT2D eigenvalue weighted by atomic mass is 10.0. The van der Waals surface area contributed by atoms with Crippen molar-refractivity contribution in [2.45, 2.75) is 17.7 Å². The quantitative estimate of drug-likeness (QED) is 0.544. The Labute approximate surface area is 87.5 Å². The number of hydrogen-bond donors (Lipinski definition) is 2. The maximum Gasteiger partial charge on any atom is 0.139 e. The summed E-state index contributed by atoms with van der Waals surface area (Å²) in [6.07, 6.45) is 1.24. The topological polar surface area (TPSA) is 89.5 Å².